The van der Waals surface area contributed by atoms with Crippen LogP contribution in [-0.4, -0.2) is 4.57 Å². The molecule has 9 aromatic carbocycles. The Bertz CT molecular complexity index is 3020. The number of fused-ring (bicyclic) bond motifs is 5. The van der Waals surface area contributed by atoms with Gasteiger partial charge in [0.2, 0.25) is 0 Å². The van der Waals surface area contributed by atoms with Crippen molar-refractivity contribution < 1.29 is 0 Å². The third kappa shape index (κ3) is 5.46. The molecule has 0 radical (unpaired) electrons. The Balaban J connectivity index is 1.15. The molecule has 0 fully saturated rings. The Morgan fingerprint density at radius 3 is 1.27 bits per heavy atom. The highest BCUT2D eigenvalue weighted by Crippen LogP contribution is 2.46. The van der Waals surface area contributed by atoms with Gasteiger partial charge in [-0.1, -0.05) is 140 Å². The monoisotopic (exact) mass is 703 g/mol. The maximum Gasteiger partial charge on any atom is 0.0541 e. The fourth-order valence-corrected chi connectivity index (χ4v) is 8.69. The Labute approximate surface area is 322 Å². The van der Waals surface area contributed by atoms with Crippen LogP contribution in [0.2, 0.25) is 0 Å². The van der Waals surface area contributed by atoms with Crippen molar-refractivity contribution in [2.75, 3.05) is 0 Å². The zero-order valence-electron chi connectivity index (χ0n) is 31.7. The second-order valence-electron chi connectivity index (χ2n) is 15.2. The molecule has 0 saturated heterocycles. The highest BCUT2D eigenvalue weighted by atomic mass is 15.0. The molecule has 55 heavy (non-hydrogen) atoms. The number of hydrogen-bond acceptors (Lipinski definition) is 0. The molecule has 1 heterocycles. The van der Waals surface area contributed by atoms with E-state index in [1.807, 2.05) is 0 Å². The minimum atomic E-state index is 1.15. The molecule has 262 valence electrons. The van der Waals surface area contributed by atoms with Crippen LogP contribution in [-0.2, 0) is 0 Å². The summed E-state index contributed by atoms with van der Waals surface area (Å²) in [5.41, 5.74) is 18.8. The number of aryl methyl sites for hydroxylation is 4. The average molecular weight is 704 g/mol. The van der Waals surface area contributed by atoms with E-state index in [1.54, 1.807) is 0 Å². The summed E-state index contributed by atoms with van der Waals surface area (Å²) in [6.45, 7) is 8.95. The van der Waals surface area contributed by atoms with Gasteiger partial charge in [0.1, 0.15) is 0 Å². The Kier molecular flexibility index (Phi) is 7.78. The normalized spacial score (nSPS) is 11.6. The second kappa shape index (κ2) is 13.0. The summed E-state index contributed by atoms with van der Waals surface area (Å²) >= 11 is 0. The number of benzene rings is 9. The predicted octanol–water partition coefficient (Wildman–Crippen LogP) is 15.0. The highest BCUT2D eigenvalue weighted by molar-refractivity contribution is 6.22. The van der Waals surface area contributed by atoms with Crippen molar-refractivity contribution in [1.82, 2.24) is 4.57 Å². The molecule has 0 aliphatic heterocycles. The second-order valence-corrected chi connectivity index (χ2v) is 15.2. The molecule has 1 heteroatoms. The van der Waals surface area contributed by atoms with Crippen LogP contribution in [0.15, 0.2) is 176 Å². The number of para-hydroxylation sites is 1. The maximum absolute atomic E-state index is 2.42. The van der Waals surface area contributed by atoms with Gasteiger partial charge in [0.05, 0.1) is 11.0 Å². The molecule has 10 aromatic rings. The summed E-state index contributed by atoms with van der Waals surface area (Å²) in [6, 6.07) is 65.1. The first-order valence-corrected chi connectivity index (χ1v) is 19.3. The molecule has 0 atom stereocenters. The lowest BCUT2D eigenvalue weighted by atomic mass is 9.83. The average Bonchev–Trinajstić information content (AvgIpc) is 3.56. The lowest BCUT2D eigenvalue weighted by molar-refractivity contribution is 1.18. The lowest BCUT2D eigenvalue weighted by Gasteiger charge is -2.20. The SMILES string of the molecule is Cc1cc2c(-c3ccccc3)c3cc(C)c(C)cc3c(-c3ccc(-n4c5ccccc5c5cc(-c6cccc(-c7ccccc7)c6)ccc54)cc3)c2cc1C. The standard InChI is InChI=1S/C54H41N/c1-34-28-47-49(30-36(34)3)54(50-31-37(4)35(2)29-48(50)53(47)39-16-9-6-10-17-39)40-22-25-44(26-23-40)55-51-21-12-11-20-45(51)46-33-43(24-27-52(46)55)42-19-13-18-41(32-42)38-14-7-5-8-15-38/h5-33H,1-4H3. The fraction of sp³-hybridized carbons (Fsp3) is 0.0741. The summed E-state index contributed by atoms with van der Waals surface area (Å²) in [6.07, 6.45) is 0. The summed E-state index contributed by atoms with van der Waals surface area (Å²) in [5.74, 6) is 0. The Morgan fingerprint density at radius 2 is 0.691 bits per heavy atom. The molecule has 1 aromatic heterocycles. The molecule has 0 spiro atoms. The smallest absolute Gasteiger partial charge is 0.0541 e. The van der Waals surface area contributed by atoms with E-state index in [1.165, 1.54) is 110 Å². The van der Waals surface area contributed by atoms with Gasteiger partial charge in [-0.25, -0.2) is 0 Å². The van der Waals surface area contributed by atoms with E-state index >= 15 is 0 Å². The van der Waals surface area contributed by atoms with Crippen LogP contribution in [0.4, 0.5) is 0 Å². The van der Waals surface area contributed by atoms with Crippen molar-refractivity contribution in [2.45, 2.75) is 27.7 Å². The minimum absolute atomic E-state index is 1.15. The van der Waals surface area contributed by atoms with Crippen molar-refractivity contribution in [1.29, 1.82) is 0 Å². The van der Waals surface area contributed by atoms with E-state index in [-0.39, 0.29) is 0 Å². The van der Waals surface area contributed by atoms with Gasteiger partial charge < -0.3 is 4.57 Å². The van der Waals surface area contributed by atoms with Gasteiger partial charge in [-0.3, -0.25) is 0 Å². The molecule has 0 amide bonds. The van der Waals surface area contributed by atoms with Crippen LogP contribution in [0.1, 0.15) is 22.3 Å². The van der Waals surface area contributed by atoms with Crippen LogP contribution >= 0.6 is 0 Å². The number of nitrogens with zero attached hydrogens (tertiary/aromatic N) is 1. The first-order valence-electron chi connectivity index (χ1n) is 19.3. The highest BCUT2D eigenvalue weighted by Gasteiger charge is 2.20. The molecule has 0 N–H and O–H groups in total. The Morgan fingerprint density at radius 1 is 0.273 bits per heavy atom. The van der Waals surface area contributed by atoms with Crippen LogP contribution in [0, 0.1) is 27.7 Å². The van der Waals surface area contributed by atoms with Crippen molar-refractivity contribution in [3.63, 3.8) is 0 Å². The topological polar surface area (TPSA) is 4.93 Å². The fourth-order valence-electron chi connectivity index (χ4n) is 8.69. The van der Waals surface area contributed by atoms with Gasteiger partial charge in [-0.15, -0.1) is 0 Å². The predicted molar refractivity (Wildman–Crippen MR) is 236 cm³/mol. The molecular weight excluding hydrogens is 663 g/mol. The molecule has 1 nitrogen and oxygen atoms in total. The third-order valence-corrected chi connectivity index (χ3v) is 11.8. The third-order valence-electron chi connectivity index (χ3n) is 11.8. The zero-order valence-corrected chi connectivity index (χ0v) is 31.7. The molecule has 0 unspecified atom stereocenters. The first kappa shape index (κ1) is 32.9. The van der Waals surface area contributed by atoms with Crippen LogP contribution < -0.4 is 0 Å². The molecule has 0 aliphatic carbocycles. The van der Waals surface area contributed by atoms with Crippen LogP contribution in [0.5, 0.6) is 0 Å². The van der Waals surface area contributed by atoms with E-state index in [2.05, 4.69) is 208 Å². The maximum atomic E-state index is 2.42. The van der Waals surface area contributed by atoms with Crippen LogP contribution in [0.25, 0.3) is 93.5 Å². The Hall–Kier alpha value is -6.70. The van der Waals surface area contributed by atoms with Gasteiger partial charge in [0.15, 0.2) is 0 Å². The molecule has 0 saturated carbocycles. The van der Waals surface area contributed by atoms with Crippen molar-refractivity contribution in [2.24, 2.45) is 0 Å². The van der Waals surface area contributed by atoms with Crippen molar-refractivity contribution in [3.8, 4) is 50.2 Å². The van der Waals surface area contributed by atoms with E-state index in [0.717, 1.165) is 5.69 Å². The number of rotatable bonds is 5. The molecule has 0 aliphatic rings. The lowest BCUT2D eigenvalue weighted by Crippen LogP contribution is -1.96. The van der Waals surface area contributed by atoms with Crippen molar-refractivity contribution in [3.05, 3.63) is 198 Å². The van der Waals surface area contributed by atoms with Gasteiger partial charge >= 0.3 is 0 Å². The van der Waals surface area contributed by atoms with Crippen molar-refractivity contribution >= 4 is 43.4 Å². The largest absolute Gasteiger partial charge is 0.309 e. The summed E-state index contributed by atoms with van der Waals surface area (Å²) < 4.78 is 2.42. The molecule has 10 rings (SSSR count). The van der Waals surface area contributed by atoms with E-state index in [4.69, 9.17) is 0 Å². The summed E-state index contributed by atoms with van der Waals surface area (Å²) in [5, 5.41) is 7.71. The first-order chi connectivity index (χ1) is 26.9. The van der Waals surface area contributed by atoms with Gasteiger partial charge in [0.25, 0.3) is 0 Å². The van der Waals surface area contributed by atoms with Gasteiger partial charge in [0, 0.05) is 16.5 Å². The van der Waals surface area contributed by atoms with E-state index in [9.17, 15) is 0 Å². The number of hydrogen-bond donors (Lipinski definition) is 0. The summed E-state index contributed by atoms with van der Waals surface area (Å²) in [4.78, 5) is 0. The molecule has 0 bridgehead atoms. The van der Waals surface area contributed by atoms with E-state index in [0.29, 0.717) is 0 Å². The quantitative estimate of drug-likeness (QED) is 0.157. The van der Waals surface area contributed by atoms with E-state index < -0.39 is 0 Å². The minimum Gasteiger partial charge on any atom is -0.309 e. The van der Waals surface area contributed by atoms with Gasteiger partial charge in [-0.2, -0.15) is 0 Å². The number of aromatic nitrogens is 1. The molecular formula is C54H41N. The van der Waals surface area contributed by atoms with Gasteiger partial charge in [-0.05, 0) is 152 Å². The van der Waals surface area contributed by atoms with Crippen LogP contribution in [0.3, 0.4) is 0 Å². The zero-order chi connectivity index (χ0) is 37.2. The summed E-state index contributed by atoms with van der Waals surface area (Å²) in [7, 11) is 0.